The molecule has 0 atom stereocenters. The highest BCUT2D eigenvalue weighted by Gasteiger charge is 1.91. The molecule has 8 heavy (non-hydrogen) atoms. The average Bonchev–Trinajstić information content (AvgIpc) is 1.69. The Kier molecular flexibility index (Phi) is 3.61. The van der Waals surface area contributed by atoms with Gasteiger partial charge in [0.15, 0.2) is 0 Å². The number of rotatable bonds is 2. The molecule has 2 heteroatoms. The molecule has 0 bridgehead atoms. The molecule has 0 aromatic carbocycles. The van der Waals surface area contributed by atoms with E-state index in [-0.39, 0.29) is 12.1 Å². The molecule has 0 aliphatic heterocycles. The average molecular weight is 132 g/mol. The molecule has 46 valence electrons. The maximum Gasteiger partial charge on any atom is 0.0811 e. The normalized spacial score (nSPS) is 8.38. The molecule has 0 rings (SSSR count). The van der Waals surface area contributed by atoms with Crippen molar-refractivity contribution >= 4 is 12.1 Å². The third-order valence-electron chi connectivity index (χ3n) is 0.761. The molecule has 0 nitrogen and oxygen atoms in total. The van der Waals surface area contributed by atoms with Gasteiger partial charge in [-0.15, -0.1) is 0 Å². The van der Waals surface area contributed by atoms with E-state index in [0.29, 0.717) is 4.91 Å². The van der Waals surface area contributed by atoms with Gasteiger partial charge in [-0.1, -0.05) is 18.2 Å². The van der Waals surface area contributed by atoms with Gasteiger partial charge in [0, 0.05) is 4.91 Å². The van der Waals surface area contributed by atoms with Crippen molar-refractivity contribution in [3.05, 3.63) is 23.1 Å². The van der Waals surface area contributed by atoms with Crippen LogP contribution in [0.15, 0.2) is 23.1 Å². The second-order valence-corrected chi connectivity index (χ2v) is 2.24. The van der Waals surface area contributed by atoms with E-state index in [1.807, 2.05) is 13.8 Å². The highest BCUT2D eigenvalue weighted by molar-refractivity contribution is 7.98. The topological polar surface area (TPSA) is 0 Å². The van der Waals surface area contributed by atoms with Crippen LogP contribution in [0.4, 0.5) is 3.89 Å². The molecule has 0 aliphatic carbocycles. The minimum Gasteiger partial charge on any atom is -0.160 e. The summed E-state index contributed by atoms with van der Waals surface area (Å²) < 4.78 is 11.7. The smallest absolute Gasteiger partial charge is 0.0811 e. The predicted molar refractivity (Wildman–Crippen MR) is 37.3 cm³/mol. The lowest BCUT2D eigenvalue weighted by Gasteiger charge is -1.92. The van der Waals surface area contributed by atoms with Gasteiger partial charge < -0.3 is 0 Å². The van der Waals surface area contributed by atoms with Crippen LogP contribution in [0.5, 0.6) is 0 Å². The van der Waals surface area contributed by atoms with Crippen molar-refractivity contribution in [2.45, 2.75) is 13.8 Å². The Hall–Kier alpha value is -0.240. The summed E-state index contributed by atoms with van der Waals surface area (Å²) in [6, 6.07) is 0. The van der Waals surface area contributed by atoms with E-state index >= 15 is 0 Å². The van der Waals surface area contributed by atoms with Gasteiger partial charge in [0.25, 0.3) is 0 Å². The van der Waals surface area contributed by atoms with Gasteiger partial charge in [-0.2, -0.15) is 3.89 Å². The van der Waals surface area contributed by atoms with Crippen molar-refractivity contribution < 1.29 is 3.89 Å². The van der Waals surface area contributed by atoms with E-state index in [2.05, 4.69) is 6.58 Å². The third-order valence-corrected chi connectivity index (χ3v) is 1.50. The Morgan fingerprint density at radius 3 is 2.12 bits per heavy atom. The largest absolute Gasteiger partial charge is 0.160 e. The molecule has 0 aliphatic rings. The lowest BCUT2D eigenvalue weighted by Crippen LogP contribution is -1.69. The Balaban J connectivity index is 4.07. The molecule has 0 saturated carbocycles. The van der Waals surface area contributed by atoms with Gasteiger partial charge in [0.05, 0.1) is 12.1 Å². The van der Waals surface area contributed by atoms with Crippen LogP contribution in [0.1, 0.15) is 13.8 Å². The first-order chi connectivity index (χ1) is 3.72. The number of halogens is 1. The van der Waals surface area contributed by atoms with Crippen LogP contribution in [0.3, 0.4) is 0 Å². The number of hydrogen-bond acceptors (Lipinski definition) is 1. The van der Waals surface area contributed by atoms with Crippen LogP contribution >= 0.6 is 12.1 Å². The second kappa shape index (κ2) is 3.72. The van der Waals surface area contributed by atoms with Crippen molar-refractivity contribution in [1.29, 1.82) is 0 Å². The standard InChI is InChI=1S/C6H9FS/c1-4-6(8-7)5(2)3/h4H,1H2,2-3H3. The van der Waals surface area contributed by atoms with Crippen LogP contribution in [0.2, 0.25) is 0 Å². The molecule has 0 radical (unpaired) electrons. The van der Waals surface area contributed by atoms with Crippen molar-refractivity contribution in [2.24, 2.45) is 0 Å². The first kappa shape index (κ1) is 7.76. The van der Waals surface area contributed by atoms with Crippen molar-refractivity contribution in [3.8, 4) is 0 Å². The summed E-state index contributed by atoms with van der Waals surface area (Å²) in [7, 11) is 0. The first-order valence-corrected chi connectivity index (χ1v) is 3.02. The first-order valence-electron chi connectivity index (χ1n) is 2.31. The van der Waals surface area contributed by atoms with Crippen LogP contribution < -0.4 is 0 Å². The van der Waals surface area contributed by atoms with Gasteiger partial charge in [0.1, 0.15) is 0 Å². The van der Waals surface area contributed by atoms with E-state index in [4.69, 9.17) is 0 Å². The number of allylic oxidation sites excluding steroid dienone is 2. The zero-order chi connectivity index (χ0) is 6.57. The Labute approximate surface area is 53.8 Å². The fraction of sp³-hybridized carbons (Fsp3) is 0.333. The highest BCUT2D eigenvalue weighted by atomic mass is 32.2. The quantitative estimate of drug-likeness (QED) is 0.520. The minimum atomic E-state index is 0.240. The van der Waals surface area contributed by atoms with E-state index in [1.165, 1.54) is 6.08 Å². The van der Waals surface area contributed by atoms with Gasteiger partial charge >= 0.3 is 0 Å². The molecule has 0 amide bonds. The van der Waals surface area contributed by atoms with Gasteiger partial charge in [-0.05, 0) is 13.8 Å². The monoisotopic (exact) mass is 132 g/mol. The zero-order valence-electron chi connectivity index (χ0n) is 5.07. The van der Waals surface area contributed by atoms with Crippen molar-refractivity contribution in [3.63, 3.8) is 0 Å². The van der Waals surface area contributed by atoms with E-state index in [1.54, 1.807) is 0 Å². The minimum absolute atomic E-state index is 0.240. The Morgan fingerprint density at radius 2 is 2.12 bits per heavy atom. The van der Waals surface area contributed by atoms with E-state index in [0.717, 1.165) is 5.57 Å². The summed E-state index contributed by atoms with van der Waals surface area (Å²) in [5, 5.41) is 0. The summed E-state index contributed by atoms with van der Waals surface area (Å²) in [5.74, 6) is 0. The molecule has 0 aromatic rings. The molecule has 0 fully saturated rings. The maximum atomic E-state index is 11.7. The zero-order valence-corrected chi connectivity index (χ0v) is 5.89. The summed E-state index contributed by atoms with van der Waals surface area (Å²) in [6.45, 7) is 7.14. The summed E-state index contributed by atoms with van der Waals surface area (Å²) in [5.41, 5.74) is 0.965. The van der Waals surface area contributed by atoms with Crippen molar-refractivity contribution in [2.75, 3.05) is 0 Å². The summed E-state index contributed by atoms with van der Waals surface area (Å²) >= 11 is 0.240. The van der Waals surface area contributed by atoms with E-state index < -0.39 is 0 Å². The lowest BCUT2D eigenvalue weighted by molar-refractivity contribution is 0.944. The molecule has 0 heterocycles. The fourth-order valence-electron chi connectivity index (χ4n) is 0.313. The molecule has 0 spiro atoms. The highest BCUT2D eigenvalue weighted by Crippen LogP contribution is 2.20. The summed E-state index contributed by atoms with van der Waals surface area (Å²) in [6.07, 6.45) is 1.51. The Bertz CT molecular complexity index is 112. The van der Waals surface area contributed by atoms with E-state index in [9.17, 15) is 3.89 Å². The third kappa shape index (κ3) is 2.17. The molecular formula is C6H9FS. The number of hydrogen-bond donors (Lipinski definition) is 0. The van der Waals surface area contributed by atoms with Gasteiger partial charge in [-0.25, -0.2) is 0 Å². The molecule has 0 saturated heterocycles. The van der Waals surface area contributed by atoms with Gasteiger partial charge in [0.2, 0.25) is 0 Å². The maximum absolute atomic E-state index is 11.7. The predicted octanol–water partition coefficient (Wildman–Crippen LogP) is 3.08. The molecular weight excluding hydrogens is 123 g/mol. The van der Waals surface area contributed by atoms with Crippen LogP contribution in [-0.4, -0.2) is 0 Å². The Morgan fingerprint density at radius 1 is 1.62 bits per heavy atom. The summed E-state index contributed by atoms with van der Waals surface area (Å²) in [4.78, 5) is 0.616. The van der Waals surface area contributed by atoms with Gasteiger partial charge in [-0.3, -0.25) is 0 Å². The van der Waals surface area contributed by atoms with Crippen LogP contribution in [-0.2, 0) is 0 Å². The molecule has 0 unspecified atom stereocenters. The SMILES string of the molecule is C=CC(SF)=C(C)C. The van der Waals surface area contributed by atoms with Crippen LogP contribution in [0.25, 0.3) is 0 Å². The second-order valence-electron chi connectivity index (χ2n) is 1.65. The molecule has 0 N–H and O–H groups in total. The lowest BCUT2D eigenvalue weighted by atomic mass is 10.3. The van der Waals surface area contributed by atoms with Crippen LogP contribution in [0, 0.1) is 0 Å². The fourth-order valence-corrected chi connectivity index (χ4v) is 0.530. The van der Waals surface area contributed by atoms with Crippen molar-refractivity contribution in [1.82, 2.24) is 0 Å². The molecule has 0 aromatic heterocycles.